The van der Waals surface area contributed by atoms with E-state index in [0.717, 1.165) is 4.57 Å². The molecule has 140 valence electrons. The zero-order valence-corrected chi connectivity index (χ0v) is 14.5. The molecule has 0 aliphatic rings. The smallest absolute Gasteiger partial charge is 0.329 e. The van der Waals surface area contributed by atoms with Gasteiger partial charge >= 0.3 is 11.7 Å². The molecule has 0 aliphatic heterocycles. The molecule has 0 radical (unpaired) electrons. The molecular weight excluding hydrogens is 346 g/mol. The van der Waals surface area contributed by atoms with Crippen LogP contribution in [0, 0.1) is 5.92 Å². The number of aromatic nitrogens is 4. The van der Waals surface area contributed by atoms with E-state index in [1.807, 2.05) is 0 Å². The van der Waals surface area contributed by atoms with Crippen molar-refractivity contribution in [1.82, 2.24) is 24.8 Å². The third-order valence-corrected chi connectivity index (χ3v) is 3.88. The standard InChI is InChI=1S/C15H19N5O6/c1-6(2)9(14(24)25)17-8(21)5-4-7-12(22)18-11-10(16-7)13(23)19-15(26)20(11)3/h6,9H,4-5H2,1-3H3,(H,17,21)(H,18,22)(H,24,25)(H,19,23,26). The first-order valence-corrected chi connectivity index (χ1v) is 7.86. The van der Waals surface area contributed by atoms with Crippen LogP contribution in [0.4, 0.5) is 0 Å². The van der Waals surface area contributed by atoms with Crippen molar-refractivity contribution < 1.29 is 14.7 Å². The van der Waals surface area contributed by atoms with Gasteiger partial charge in [-0.2, -0.15) is 0 Å². The Labute approximate surface area is 146 Å². The summed E-state index contributed by atoms with van der Waals surface area (Å²) in [6.45, 7) is 3.32. The largest absolute Gasteiger partial charge is 0.480 e. The second-order valence-corrected chi connectivity index (χ2v) is 6.16. The van der Waals surface area contributed by atoms with Crippen molar-refractivity contribution in [2.75, 3.05) is 0 Å². The van der Waals surface area contributed by atoms with E-state index in [1.165, 1.54) is 7.05 Å². The number of hydrogen-bond donors (Lipinski definition) is 4. The number of nitrogens with zero attached hydrogens (tertiary/aromatic N) is 2. The molecule has 2 heterocycles. The number of carboxylic acids is 1. The van der Waals surface area contributed by atoms with Crippen molar-refractivity contribution in [3.05, 3.63) is 36.9 Å². The van der Waals surface area contributed by atoms with E-state index in [4.69, 9.17) is 5.11 Å². The van der Waals surface area contributed by atoms with E-state index in [0.29, 0.717) is 0 Å². The van der Waals surface area contributed by atoms with Gasteiger partial charge in [-0.05, 0) is 5.92 Å². The van der Waals surface area contributed by atoms with Gasteiger partial charge in [-0.3, -0.25) is 23.9 Å². The van der Waals surface area contributed by atoms with Gasteiger partial charge < -0.3 is 15.4 Å². The lowest BCUT2D eigenvalue weighted by molar-refractivity contribution is -0.143. The lowest BCUT2D eigenvalue weighted by Gasteiger charge is -2.17. The van der Waals surface area contributed by atoms with Gasteiger partial charge in [0.1, 0.15) is 17.4 Å². The lowest BCUT2D eigenvalue weighted by Crippen LogP contribution is -2.44. The molecule has 2 rings (SSSR count). The van der Waals surface area contributed by atoms with E-state index in [9.17, 15) is 24.0 Å². The number of nitrogens with one attached hydrogen (secondary N) is 3. The number of aryl methyl sites for hydroxylation is 2. The number of carbonyl (C=O) groups is 2. The molecule has 4 N–H and O–H groups in total. The fourth-order valence-corrected chi connectivity index (χ4v) is 2.38. The maximum Gasteiger partial charge on any atom is 0.329 e. The van der Waals surface area contributed by atoms with Crippen LogP contribution in [0.25, 0.3) is 11.2 Å². The SMILES string of the molecule is CC(C)C(NC(=O)CCc1nc2c(=O)[nH]c(=O)n(C)c2[nH]c1=O)C(=O)O. The number of fused-ring (bicyclic) bond motifs is 1. The normalized spacial score (nSPS) is 12.3. The first kappa shape index (κ1) is 19.1. The Balaban J connectivity index is 2.24. The van der Waals surface area contributed by atoms with Crippen LogP contribution in [-0.4, -0.2) is 42.5 Å². The summed E-state index contributed by atoms with van der Waals surface area (Å²) >= 11 is 0. The van der Waals surface area contributed by atoms with Gasteiger partial charge in [0.05, 0.1) is 0 Å². The van der Waals surface area contributed by atoms with E-state index in [2.05, 4.69) is 20.3 Å². The molecule has 1 atom stereocenters. The molecule has 0 aromatic carbocycles. The number of rotatable bonds is 6. The van der Waals surface area contributed by atoms with Crippen molar-refractivity contribution in [3.8, 4) is 0 Å². The van der Waals surface area contributed by atoms with Crippen LogP contribution in [0.15, 0.2) is 14.4 Å². The Hall–Kier alpha value is -3.24. The molecule has 1 amide bonds. The third-order valence-electron chi connectivity index (χ3n) is 3.88. The highest BCUT2D eigenvalue weighted by Crippen LogP contribution is 2.04. The van der Waals surface area contributed by atoms with Gasteiger partial charge in [0.25, 0.3) is 11.1 Å². The fraction of sp³-hybridized carbons (Fsp3) is 0.467. The van der Waals surface area contributed by atoms with E-state index >= 15 is 0 Å². The minimum absolute atomic E-state index is 0.0253. The zero-order valence-electron chi connectivity index (χ0n) is 14.5. The van der Waals surface area contributed by atoms with Gasteiger partial charge in [-0.25, -0.2) is 14.6 Å². The minimum Gasteiger partial charge on any atom is -0.480 e. The first-order valence-electron chi connectivity index (χ1n) is 7.86. The topological polar surface area (TPSA) is 167 Å². The molecule has 0 saturated heterocycles. The first-order chi connectivity index (χ1) is 12.1. The number of hydrogen-bond acceptors (Lipinski definition) is 6. The van der Waals surface area contributed by atoms with Crippen LogP contribution < -0.4 is 22.1 Å². The number of amides is 1. The average Bonchev–Trinajstić information content (AvgIpc) is 2.55. The highest BCUT2D eigenvalue weighted by molar-refractivity contribution is 5.83. The Bertz CT molecular complexity index is 1030. The number of carbonyl (C=O) groups excluding carboxylic acids is 1. The van der Waals surface area contributed by atoms with Gasteiger partial charge in [-0.15, -0.1) is 0 Å². The molecular formula is C15H19N5O6. The van der Waals surface area contributed by atoms with E-state index in [1.54, 1.807) is 13.8 Å². The number of carboxylic acid groups (broad SMARTS) is 1. The number of aromatic amines is 2. The second-order valence-electron chi connectivity index (χ2n) is 6.16. The molecule has 11 nitrogen and oxygen atoms in total. The predicted octanol–water partition coefficient (Wildman–Crippen LogP) is -1.53. The maximum atomic E-state index is 12.1. The summed E-state index contributed by atoms with van der Waals surface area (Å²) in [5, 5.41) is 11.4. The van der Waals surface area contributed by atoms with Crippen molar-refractivity contribution in [2.24, 2.45) is 13.0 Å². The summed E-state index contributed by atoms with van der Waals surface area (Å²) in [5.74, 6) is -2.01. The lowest BCUT2D eigenvalue weighted by atomic mass is 10.0. The number of H-pyrrole nitrogens is 2. The Kier molecular flexibility index (Phi) is 5.38. The minimum atomic E-state index is -1.15. The summed E-state index contributed by atoms with van der Waals surface area (Å²) in [6.07, 6.45) is -0.272. The van der Waals surface area contributed by atoms with Crippen LogP contribution >= 0.6 is 0 Å². The van der Waals surface area contributed by atoms with Gasteiger partial charge in [0.2, 0.25) is 5.91 Å². The van der Waals surface area contributed by atoms with Gasteiger partial charge in [0.15, 0.2) is 5.52 Å². The van der Waals surface area contributed by atoms with Crippen LogP contribution in [0.3, 0.4) is 0 Å². The molecule has 0 saturated carbocycles. The third kappa shape index (κ3) is 3.87. The average molecular weight is 365 g/mol. The molecule has 0 fully saturated rings. The summed E-state index contributed by atoms with van der Waals surface area (Å²) in [5.41, 5.74) is -2.30. The Morgan fingerprint density at radius 2 is 1.85 bits per heavy atom. The van der Waals surface area contributed by atoms with Crippen LogP contribution in [0.1, 0.15) is 26.0 Å². The van der Waals surface area contributed by atoms with Crippen molar-refractivity contribution >= 4 is 23.0 Å². The highest BCUT2D eigenvalue weighted by Gasteiger charge is 2.23. The van der Waals surface area contributed by atoms with Crippen LogP contribution in [0.2, 0.25) is 0 Å². The van der Waals surface area contributed by atoms with Crippen molar-refractivity contribution in [2.45, 2.75) is 32.7 Å². The van der Waals surface area contributed by atoms with Crippen molar-refractivity contribution in [3.63, 3.8) is 0 Å². The molecule has 2 aromatic rings. The fourth-order valence-electron chi connectivity index (χ4n) is 2.38. The van der Waals surface area contributed by atoms with Crippen LogP contribution in [0.5, 0.6) is 0 Å². The second kappa shape index (κ2) is 7.33. The molecule has 1 unspecified atom stereocenters. The molecule has 0 spiro atoms. The summed E-state index contributed by atoms with van der Waals surface area (Å²) in [4.78, 5) is 67.0. The zero-order chi connectivity index (χ0) is 19.6. The summed E-state index contributed by atoms with van der Waals surface area (Å²) in [7, 11) is 1.36. The van der Waals surface area contributed by atoms with Crippen LogP contribution in [-0.2, 0) is 23.1 Å². The molecule has 26 heavy (non-hydrogen) atoms. The number of aliphatic carboxylic acids is 1. The summed E-state index contributed by atoms with van der Waals surface area (Å²) < 4.78 is 1.04. The Morgan fingerprint density at radius 1 is 1.19 bits per heavy atom. The molecule has 11 heteroatoms. The van der Waals surface area contributed by atoms with E-state index < -0.39 is 34.7 Å². The summed E-state index contributed by atoms with van der Waals surface area (Å²) in [6, 6.07) is -1.04. The van der Waals surface area contributed by atoms with Crippen molar-refractivity contribution in [1.29, 1.82) is 0 Å². The molecule has 2 aromatic heterocycles. The van der Waals surface area contributed by atoms with Gasteiger partial charge in [0, 0.05) is 19.9 Å². The molecule has 0 bridgehead atoms. The monoisotopic (exact) mass is 365 g/mol. The maximum absolute atomic E-state index is 12.1. The quantitative estimate of drug-likeness (QED) is 0.481. The molecule has 0 aliphatic carbocycles. The highest BCUT2D eigenvalue weighted by atomic mass is 16.4. The predicted molar refractivity (Wildman–Crippen MR) is 91.0 cm³/mol. The van der Waals surface area contributed by atoms with E-state index in [-0.39, 0.29) is 35.6 Å². The van der Waals surface area contributed by atoms with Gasteiger partial charge in [-0.1, -0.05) is 13.8 Å². The Morgan fingerprint density at radius 3 is 2.42 bits per heavy atom.